The SMILES string of the molecule is CCNCc1ccc(-c2nnc(-c3cncc(-c4ccc([S+]([O-])C(C)C)cc4)n3)o2)cc1. The van der Waals surface area contributed by atoms with Crippen LogP contribution < -0.4 is 5.32 Å². The molecule has 0 amide bonds. The van der Waals surface area contributed by atoms with Crippen molar-refractivity contribution in [1.29, 1.82) is 0 Å². The van der Waals surface area contributed by atoms with Crippen LogP contribution in [-0.2, 0) is 17.7 Å². The van der Waals surface area contributed by atoms with E-state index < -0.39 is 11.2 Å². The van der Waals surface area contributed by atoms with Crippen LogP contribution in [0.3, 0.4) is 0 Å². The molecule has 8 heteroatoms. The zero-order valence-electron chi connectivity index (χ0n) is 18.3. The smallest absolute Gasteiger partial charge is 0.268 e. The monoisotopic (exact) mass is 447 g/mol. The number of aromatic nitrogens is 4. The Bertz CT molecular complexity index is 1160. The van der Waals surface area contributed by atoms with Crippen molar-refractivity contribution in [1.82, 2.24) is 25.5 Å². The first-order valence-corrected chi connectivity index (χ1v) is 11.7. The Hall–Kier alpha value is -3.07. The van der Waals surface area contributed by atoms with E-state index in [1.165, 1.54) is 5.56 Å². The summed E-state index contributed by atoms with van der Waals surface area (Å²) in [7, 11) is 0. The summed E-state index contributed by atoms with van der Waals surface area (Å²) in [6.07, 6.45) is 3.28. The van der Waals surface area contributed by atoms with E-state index in [0.717, 1.165) is 29.1 Å². The third-order valence-corrected chi connectivity index (χ3v) is 6.46. The molecule has 0 bridgehead atoms. The lowest BCUT2D eigenvalue weighted by Crippen LogP contribution is -2.13. The van der Waals surface area contributed by atoms with Gasteiger partial charge in [0.25, 0.3) is 5.89 Å². The Morgan fingerprint density at radius 2 is 1.56 bits per heavy atom. The van der Waals surface area contributed by atoms with Gasteiger partial charge in [-0.25, -0.2) is 4.98 Å². The van der Waals surface area contributed by atoms with Crippen molar-refractivity contribution in [3.63, 3.8) is 0 Å². The summed E-state index contributed by atoms with van der Waals surface area (Å²) in [6, 6.07) is 15.5. The molecule has 0 radical (unpaired) electrons. The first kappa shape index (κ1) is 22.1. The van der Waals surface area contributed by atoms with Gasteiger partial charge in [0.15, 0.2) is 4.90 Å². The average molecular weight is 448 g/mol. The molecule has 0 saturated carbocycles. The second-order valence-corrected chi connectivity index (χ2v) is 9.56. The Balaban J connectivity index is 1.53. The van der Waals surface area contributed by atoms with Crippen LogP contribution in [-0.4, -0.2) is 36.5 Å². The van der Waals surface area contributed by atoms with Crippen LogP contribution in [0, 0.1) is 0 Å². The van der Waals surface area contributed by atoms with Gasteiger partial charge in [-0.1, -0.05) is 19.1 Å². The van der Waals surface area contributed by atoms with Crippen LogP contribution in [0.25, 0.3) is 34.3 Å². The average Bonchev–Trinajstić information content (AvgIpc) is 3.33. The highest BCUT2D eigenvalue weighted by atomic mass is 32.2. The molecule has 2 heterocycles. The number of nitrogens with one attached hydrogen (secondary N) is 1. The molecule has 0 fully saturated rings. The molecule has 0 spiro atoms. The molecular weight excluding hydrogens is 422 g/mol. The minimum Gasteiger partial charge on any atom is -0.611 e. The van der Waals surface area contributed by atoms with Crippen LogP contribution >= 0.6 is 0 Å². The van der Waals surface area contributed by atoms with E-state index in [4.69, 9.17) is 4.42 Å². The summed E-state index contributed by atoms with van der Waals surface area (Å²) in [4.78, 5) is 9.72. The van der Waals surface area contributed by atoms with Gasteiger partial charge in [-0.3, -0.25) is 4.98 Å². The van der Waals surface area contributed by atoms with Crippen LogP contribution in [0.5, 0.6) is 0 Å². The highest BCUT2D eigenvalue weighted by Gasteiger charge is 2.16. The maximum absolute atomic E-state index is 12.3. The number of rotatable bonds is 8. The van der Waals surface area contributed by atoms with Crippen molar-refractivity contribution in [2.24, 2.45) is 0 Å². The summed E-state index contributed by atoms with van der Waals surface area (Å²) < 4.78 is 18.1. The first-order chi connectivity index (χ1) is 15.5. The van der Waals surface area contributed by atoms with Crippen molar-refractivity contribution in [3.8, 4) is 34.3 Å². The Morgan fingerprint density at radius 1 is 0.906 bits per heavy atom. The molecular formula is C24H25N5O2S. The van der Waals surface area contributed by atoms with Crippen molar-refractivity contribution in [3.05, 3.63) is 66.5 Å². The topological polar surface area (TPSA) is 99.8 Å². The molecule has 0 aliphatic rings. The van der Waals surface area contributed by atoms with Gasteiger partial charge in [0.05, 0.1) is 18.1 Å². The molecule has 0 aliphatic carbocycles. The van der Waals surface area contributed by atoms with Gasteiger partial charge in [-0.05, 0) is 73.5 Å². The fraction of sp³-hybridized carbons (Fsp3) is 0.250. The fourth-order valence-corrected chi connectivity index (χ4v) is 4.07. The molecule has 0 saturated heterocycles. The Labute approximate surface area is 190 Å². The van der Waals surface area contributed by atoms with E-state index >= 15 is 0 Å². The molecule has 1 unspecified atom stereocenters. The van der Waals surface area contributed by atoms with Gasteiger partial charge in [0.2, 0.25) is 5.89 Å². The number of hydrogen-bond donors (Lipinski definition) is 1. The van der Waals surface area contributed by atoms with Gasteiger partial charge in [0.1, 0.15) is 10.9 Å². The Kier molecular flexibility index (Phi) is 6.94. The normalized spacial score (nSPS) is 12.3. The van der Waals surface area contributed by atoms with Crippen LogP contribution in [0.2, 0.25) is 0 Å². The summed E-state index contributed by atoms with van der Waals surface area (Å²) in [6.45, 7) is 7.71. The van der Waals surface area contributed by atoms with Gasteiger partial charge < -0.3 is 14.3 Å². The largest absolute Gasteiger partial charge is 0.611 e. The van der Waals surface area contributed by atoms with E-state index in [0.29, 0.717) is 23.2 Å². The standard InChI is InChI=1S/C24H25N5O2S/c1-4-25-13-17-5-7-19(8-6-17)23-28-29-24(31-23)22-15-26-14-21(27-22)18-9-11-20(12-10-18)32(30)16(2)3/h5-12,14-16,25H,4,13H2,1-3H3. The minimum absolute atomic E-state index is 0.0694. The summed E-state index contributed by atoms with van der Waals surface area (Å²) >= 11 is -1.03. The van der Waals surface area contributed by atoms with Gasteiger partial charge in [-0.2, -0.15) is 0 Å². The molecule has 0 aliphatic heterocycles. The number of benzene rings is 2. The molecule has 2 aromatic carbocycles. The highest BCUT2D eigenvalue weighted by Crippen LogP contribution is 2.26. The van der Waals surface area contributed by atoms with Crippen LogP contribution in [0.1, 0.15) is 26.3 Å². The van der Waals surface area contributed by atoms with Crippen molar-refractivity contribution in [2.75, 3.05) is 6.54 Å². The summed E-state index contributed by atoms with van der Waals surface area (Å²) in [5, 5.41) is 11.7. The lowest BCUT2D eigenvalue weighted by molar-refractivity contribution is 0.581. The molecule has 1 N–H and O–H groups in total. The quantitative estimate of drug-likeness (QED) is 0.397. The number of nitrogens with zero attached hydrogens (tertiary/aromatic N) is 4. The summed E-state index contributed by atoms with van der Waals surface area (Å²) in [5.41, 5.74) is 4.09. The van der Waals surface area contributed by atoms with Gasteiger partial charge in [0, 0.05) is 17.7 Å². The van der Waals surface area contributed by atoms with Gasteiger partial charge >= 0.3 is 0 Å². The lowest BCUT2D eigenvalue weighted by atomic mass is 10.1. The van der Waals surface area contributed by atoms with Crippen molar-refractivity contribution in [2.45, 2.75) is 37.5 Å². The van der Waals surface area contributed by atoms with E-state index in [1.807, 2.05) is 62.4 Å². The van der Waals surface area contributed by atoms with E-state index in [-0.39, 0.29) is 5.25 Å². The maximum atomic E-state index is 12.3. The molecule has 4 rings (SSSR count). The summed E-state index contributed by atoms with van der Waals surface area (Å²) in [5.74, 6) is 0.742. The predicted octanol–water partition coefficient (Wildman–Crippen LogP) is 4.49. The first-order valence-electron chi connectivity index (χ1n) is 10.5. The van der Waals surface area contributed by atoms with Crippen LogP contribution in [0.4, 0.5) is 0 Å². The van der Waals surface area contributed by atoms with Crippen molar-refractivity contribution < 1.29 is 8.97 Å². The molecule has 32 heavy (non-hydrogen) atoms. The van der Waals surface area contributed by atoms with Gasteiger partial charge in [-0.15, -0.1) is 10.2 Å². The second-order valence-electron chi connectivity index (χ2n) is 7.55. The lowest BCUT2D eigenvalue weighted by Gasteiger charge is -2.14. The van der Waals surface area contributed by atoms with E-state index in [2.05, 4.69) is 32.4 Å². The van der Waals surface area contributed by atoms with Crippen LogP contribution in [0.15, 0.2) is 70.2 Å². The molecule has 2 aromatic heterocycles. The molecule has 164 valence electrons. The van der Waals surface area contributed by atoms with E-state index in [1.54, 1.807) is 12.4 Å². The molecule has 4 aromatic rings. The minimum atomic E-state index is -1.03. The zero-order valence-corrected chi connectivity index (χ0v) is 19.1. The van der Waals surface area contributed by atoms with E-state index in [9.17, 15) is 4.55 Å². The Morgan fingerprint density at radius 3 is 2.25 bits per heavy atom. The third kappa shape index (κ3) is 5.04. The predicted molar refractivity (Wildman–Crippen MR) is 125 cm³/mol. The third-order valence-electron chi connectivity index (χ3n) is 4.87. The molecule has 1 atom stereocenters. The maximum Gasteiger partial charge on any atom is 0.268 e. The fourth-order valence-electron chi connectivity index (χ4n) is 3.12. The number of hydrogen-bond acceptors (Lipinski definition) is 7. The van der Waals surface area contributed by atoms with Crippen molar-refractivity contribution >= 4 is 11.2 Å². The zero-order chi connectivity index (χ0) is 22.5. The highest BCUT2D eigenvalue weighted by molar-refractivity contribution is 7.92. The molecule has 7 nitrogen and oxygen atoms in total. The second kappa shape index (κ2) is 10.0.